The lowest BCUT2D eigenvalue weighted by Crippen LogP contribution is -2.28. The normalized spacial score (nSPS) is 14.7. The Morgan fingerprint density at radius 2 is 1.40 bits per heavy atom. The predicted octanol–water partition coefficient (Wildman–Crippen LogP) is 4.73. The SMILES string of the molecule is O=C(O)C(F)(F)F.O=C(O)c1cc(NS(=O)(=O)c2ccc(F)cc2)ccc1N1CCCCCCC1. The van der Waals surface area contributed by atoms with Gasteiger partial charge in [-0.05, 0) is 55.3 Å². The van der Waals surface area contributed by atoms with Gasteiger partial charge < -0.3 is 15.1 Å². The van der Waals surface area contributed by atoms with Gasteiger partial charge in [0.05, 0.1) is 16.1 Å². The van der Waals surface area contributed by atoms with Crippen LogP contribution >= 0.6 is 0 Å². The number of nitrogens with zero attached hydrogens (tertiary/aromatic N) is 1. The topological polar surface area (TPSA) is 124 Å². The first kappa shape index (κ1) is 27.9. The van der Waals surface area contributed by atoms with E-state index in [0.717, 1.165) is 63.0 Å². The van der Waals surface area contributed by atoms with Crippen molar-refractivity contribution in [2.75, 3.05) is 22.7 Å². The molecule has 192 valence electrons. The van der Waals surface area contributed by atoms with Gasteiger partial charge in [0.1, 0.15) is 5.82 Å². The summed E-state index contributed by atoms with van der Waals surface area (Å²) >= 11 is 0. The van der Waals surface area contributed by atoms with Crippen LogP contribution in [0.3, 0.4) is 0 Å². The Bertz CT molecular complexity index is 1130. The van der Waals surface area contributed by atoms with Crippen molar-refractivity contribution in [2.45, 2.75) is 43.2 Å². The van der Waals surface area contributed by atoms with Crippen LogP contribution in [0.1, 0.15) is 42.5 Å². The molecule has 0 unspecified atom stereocenters. The highest BCUT2D eigenvalue weighted by atomic mass is 32.2. The molecule has 1 saturated heterocycles. The van der Waals surface area contributed by atoms with Gasteiger partial charge in [-0.3, -0.25) is 4.72 Å². The highest BCUT2D eigenvalue weighted by molar-refractivity contribution is 7.92. The van der Waals surface area contributed by atoms with Crippen LogP contribution in [0.25, 0.3) is 0 Å². The summed E-state index contributed by atoms with van der Waals surface area (Å²) in [5, 5.41) is 16.8. The summed E-state index contributed by atoms with van der Waals surface area (Å²) in [7, 11) is -3.94. The minimum Gasteiger partial charge on any atom is -0.478 e. The maximum atomic E-state index is 13.0. The third-order valence-electron chi connectivity index (χ3n) is 5.04. The van der Waals surface area contributed by atoms with Crippen LogP contribution in [0, 0.1) is 5.82 Å². The number of nitrogens with one attached hydrogen (secondary N) is 1. The molecule has 3 rings (SSSR count). The van der Waals surface area contributed by atoms with Gasteiger partial charge in [0.25, 0.3) is 10.0 Å². The molecule has 2 aromatic rings. The van der Waals surface area contributed by atoms with Crippen molar-refractivity contribution in [3.05, 3.63) is 53.8 Å². The number of halogens is 4. The van der Waals surface area contributed by atoms with Gasteiger partial charge in [0.2, 0.25) is 0 Å². The Hall–Kier alpha value is -3.35. The van der Waals surface area contributed by atoms with Crippen LogP contribution in [0.2, 0.25) is 0 Å². The van der Waals surface area contributed by atoms with E-state index in [0.29, 0.717) is 5.69 Å². The van der Waals surface area contributed by atoms with E-state index in [1.165, 1.54) is 12.5 Å². The van der Waals surface area contributed by atoms with Gasteiger partial charge >= 0.3 is 18.1 Å². The molecule has 3 N–H and O–H groups in total. The highest BCUT2D eigenvalue weighted by Crippen LogP contribution is 2.28. The van der Waals surface area contributed by atoms with Crippen LogP contribution < -0.4 is 9.62 Å². The fourth-order valence-electron chi connectivity index (χ4n) is 3.36. The van der Waals surface area contributed by atoms with Gasteiger partial charge in [-0.15, -0.1) is 0 Å². The van der Waals surface area contributed by atoms with Crippen molar-refractivity contribution in [1.29, 1.82) is 0 Å². The number of alkyl halides is 3. The summed E-state index contributed by atoms with van der Waals surface area (Å²) in [6.45, 7) is 1.56. The maximum absolute atomic E-state index is 13.0. The lowest BCUT2D eigenvalue weighted by molar-refractivity contribution is -0.192. The molecule has 1 aliphatic heterocycles. The fourth-order valence-corrected chi connectivity index (χ4v) is 4.41. The summed E-state index contributed by atoms with van der Waals surface area (Å²) in [5.74, 6) is -4.41. The monoisotopic (exact) mass is 520 g/mol. The molecule has 0 saturated carbocycles. The van der Waals surface area contributed by atoms with E-state index in [9.17, 15) is 35.9 Å². The smallest absolute Gasteiger partial charge is 0.478 e. The van der Waals surface area contributed by atoms with Crippen LogP contribution in [0.15, 0.2) is 47.4 Å². The fraction of sp³-hybridized carbons (Fsp3) is 0.364. The van der Waals surface area contributed by atoms with Gasteiger partial charge in [-0.2, -0.15) is 13.2 Å². The van der Waals surface area contributed by atoms with Crippen molar-refractivity contribution in [3.8, 4) is 0 Å². The number of rotatable bonds is 5. The van der Waals surface area contributed by atoms with Gasteiger partial charge in [-0.25, -0.2) is 22.4 Å². The number of anilines is 2. The summed E-state index contributed by atoms with van der Waals surface area (Å²) < 4.78 is 72.1. The average molecular weight is 521 g/mol. The van der Waals surface area contributed by atoms with Crippen molar-refractivity contribution >= 4 is 33.3 Å². The number of carboxylic acids is 2. The second kappa shape index (κ2) is 11.9. The van der Waals surface area contributed by atoms with Crippen LogP contribution in [-0.4, -0.2) is 49.8 Å². The van der Waals surface area contributed by atoms with E-state index in [2.05, 4.69) is 9.62 Å². The van der Waals surface area contributed by atoms with Crippen molar-refractivity contribution < 1.29 is 45.8 Å². The molecule has 13 heteroatoms. The first-order valence-corrected chi connectivity index (χ1v) is 12.0. The third kappa shape index (κ3) is 8.42. The molecule has 35 heavy (non-hydrogen) atoms. The molecule has 0 aromatic heterocycles. The molecule has 1 fully saturated rings. The van der Waals surface area contributed by atoms with Crippen LogP contribution in [-0.2, 0) is 14.8 Å². The lowest BCUT2D eigenvalue weighted by Gasteiger charge is -2.28. The molecule has 8 nitrogen and oxygen atoms in total. The molecule has 0 spiro atoms. The summed E-state index contributed by atoms with van der Waals surface area (Å²) in [6, 6.07) is 8.96. The second-order valence-electron chi connectivity index (χ2n) is 7.65. The van der Waals surface area contributed by atoms with Gasteiger partial charge in [-0.1, -0.05) is 19.3 Å². The van der Waals surface area contributed by atoms with Crippen LogP contribution in [0.4, 0.5) is 28.9 Å². The molecular formula is C22H24F4N2O6S. The molecule has 1 aliphatic rings. The zero-order valence-corrected chi connectivity index (χ0v) is 19.2. The summed E-state index contributed by atoms with van der Waals surface area (Å²) in [6.07, 6.45) is 0.350. The molecule has 0 aliphatic carbocycles. The zero-order chi connectivity index (χ0) is 26.2. The van der Waals surface area contributed by atoms with Gasteiger partial charge in [0.15, 0.2) is 0 Å². The number of aromatic carboxylic acids is 1. The van der Waals surface area contributed by atoms with E-state index in [4.69, 9.17) is 9.90 Å². The number of hydrogen-bond acceptors (Lipinski definition) is 5. The quantitative estimate of drug-likeness (QED) is 0.487. The minimum absolute atomic E-state index is 0.0554. The maximum Gasteiger partial charge on any atom is 0.490 e. The summed E-state index contributed by atoms with van der Waals surface area (Å²) in [5.41, 5.74) is 0.802. The molecule has 0 amide bonds. The zero-order valence-electron chi connectivity index (χ0n) is 18.4. The number of sulfonamides is 1. The number of carboxylic acid groups (broad SMARTS) is 2. The van der Waals surface area contributed by atoms with E-state index < -0.39 is 34.0 Å². The Balaban J connectivity index is 0.000000540. The molecular weight excluding hydrogens is 496 g/mol. The Labute approximate surface area is 199 Å². The number of carbonyl (C=O) groups is 2. The van der Waals surface area contributed by atoms with Crippen molar-refractivity contribution in [3.63, 3.8) is 0 Å². The first-order chi connectivity index (χ1) is 16.3. The van der Waals surface area contributed by atoms with Crippen molar-refractivity contribution in [1.82, 2.24) is 0 Å². The third-order valence-corrected chi connectivity index (χ3v) is 6.44. The highest BCUT2D eigenvalue weighted by Gasteiger charge is 2.38. The standard InChI is InChI=1S/C20H23FN2O4S.C2HF3O2/c21-15-6-9-17(10-7-15)28(26,27)22-16-8-11-19(18(14-16)20(24)25)23-12-4-2-1-3-5-13-23;3-2(4,5)1(6)7/h6-11,14,22H,1-5,12-13H2,(H,24,25);(H,6,7). The lowest BCUT2D eigenvalue weighted by atomic mass is 10.1. The first-order valence-electron chi connectivity index (χ1n) is 10.5. The molecule has 1 heterocycles. The largest absolute Gasteiger partial charge is 0.490 e. The molecule has 2 aromatic carbocycles. The second-order valence-corrected chi connectivity index (χ2v) is 9.34. The van der Waals surface area contributed by atoms with E-state index in [1.54, 1.807) is 12.1 Å². The van der Waals surface area contributed by atoms with E-state index >= 15 is 0 Å². The Kier molecular flexibility index (Phi) is 9.46. The van der Waals surface area contributed by atoms with E-state index in [-0.39, 0.29) is 16.1 Å². The molecule has 0 bridgehead atoms. The van der Waals surface area contributed by atoms with Crippen LogP contribution in [0.5, 0.6) is 0 Å². The van der Waals surface area contributed by atoms with Crippen molar-refractivity contribution in [2.24, 2.45) is 0 Å². The summed E-state index contributed by atoms with van der Waals surface area (Å²) in [4.78, 5) is 22.7. The molecule has 0 atom stereocenters. The van der Waals surface area contributed by atoms with E-state index in [1.807, 2.05) is 0 Å². The average Bonchev–Trinajstić information content (AvgIpc) is 2.73. The minimum atomic E-state index is -5.08. The molecule has 0 radical (unpaired) electrons. The number of aliphatic carboxylic acids is 1. The Morgan fingerprint density at radius 1 is 0.886 bits per heavy atom. The van der Waals surface area contributed by atoms with Gasteiger partial charge in [0, 0.05) is 18.8 Å². The number of benzene rings is 2. The predicted molar refractivity (Wildman–Crippen MR) is 120 cm³/mol. The number of hydrogen-bond donors (Lipinski definition) is 3. The Morgan fingerprint density at radius 3 is 1.89 bits per heavy atom.